The summed E-state index contributed by atoms with van der Waals surface area (Å²) in [6.07, 6.45) is 0. The van der Waals surface area contributed by atoms with Gasteiger partial charge in [0.2, 0.25) is 0 Å². The van der Waals surface area contributed by atoms with Crippen LogP contribution in [0.15, 0.2) is 70.4 Å². The highest BCUT2D eigenvalue weighted by Gasteiger charge is 2.33. The van der Waals surface area contributed by atoms with E-state index in [2.05, 4.69) is 11.4 Å². The molecule has 0 spiro atoms. The van der Waals surface area contributed by atoms with Crippen molar-refractivity contribution in [2.75, 3.05) is 0 Å². The number of benzene rings is 2. The number of dihydropyridines is 1. The number of thioether (sulfide) groups is 1. The van der Waals surface area contributed by atoms with Gasteiger partial charge in [-0.3, -0.25) is 14.9 Å². The van der Waals surface area contributed by atoms with Crippen molar-refractivity contribution >= 4 is 23.2 Å². The number of nitro groups is 1. The highest BCUT2D eigenvalue weighted by atomic mass is 32.2. The lowest BCUT2D eigenvalue weighted by atomic mass is 9.80. The Balaban J connectivity index is 2.00. The Bertz CT molecular complexity index is 1130. The van der Waals surface area contributed by atoms with Gasteiger partial charge in [0.25, 0.3) is 5.69 Å². The second-order valence-corrected chi connectivity index (χ2v) is 8.12. The highest BCUT2D eigenvalue weighted by molar-refractivity contribution is 8.02. The Morgan fingerprint density at radius 2 is 1.97 bits per heavy atom. The van der Waals surface area contributed by atoms with Gasteiger partial charge in [-0.2, -0.15) is 5.26 Å². The van der Waals surface area contributed by atoms with Gasteiger partial charge in [-0.1, -0.05) is 42.0 Å². The van der Waals surface area contributed by atoms with E-state index in [1.54, 1.807) is 6.07 Å². The van der Waals surface area contributed by atoms with Gasteiger partial charge in [-0.25, -0.2) is 0 Å². The molecule has 1 N–H and O–H groups in total. The van der Waals surface area contributed by atoms with Crippen LogP contribution in [0.2, 0.25) is 0 Å². The molecule has 152 valence electrons. The molecule has 1 aliphatic heterocycles. The van der Waals surface area contributed by atoms with Gasteiger partial charge in [0.05, 0.1) is 27.5 Å². The number of nitro benzene ring substituents is 1. The Hall–Kier alpha value is -3.37. The van der Waals surface area contributed by atoms with E-state index in [0.29, 0.717) is 21.9 Å². The summed E-state index contributed by atoms with van der Waals surface area (Å²) in [6, 6.07) is 16.6. The van der Waals surface area contributed by atoms with Gasteiger partial charge in [0.15, 0.2) is 5.78 Å². The molecule has 0 bridgehead atoms. The highest BCUT2D eigenvalue weighted by Crippen LogP contribution is 2.41. The molecule has 2 aromatic carbocycles. The third kappa shape index (κ3) is 4.44. The van der Waals surface area contributed by atoms with Crippen molar-refractivity contribution in [2.24, 2.45) is 0 Å². The van der Waals surface area contributed by atoms with Crippen molar-refractivity contribution in [3.63, 3.8) is 0 Å². The minimum Gasteiger partial charge on any atom is -0.353 e. The number of carbonyl (C=O) groups is 1. The van der Waals surface area contributed by atoms with Crippen LogP contribution in [0.3, 0.4) is 0 Å². The first-order valence-corrected chi connectivity index (χ1v) is 10.4. The van der Waals surface area contributed by atoms with E-state index in [1.165, 1.54) is 30.8 Å². The smallest absolute Gasteiger partial charge is 0.269 e. The van der Waals surface area contributed by atoms with Gasteiger partial charge in [0.1, 0.15) is 0 Å². The standard InChI is InChI=1S/C23H21N3O3S/c1-14-6-4-8-18(10-14)22-20(12-24)23(25-15(2)21(22)16(3)27)30-13-17-7-5-9-19(11-17)26(28)29/h4-11,22,25H,13H2,1-3H3. The largest absolute Gasteiger partial charge is 0.353 e. The van der Waals surface area contributed by atoms with Crippen LogP contribution in [-0.2, 0) is 10.5 Å². The average Bonchev–Trinajstić information content (AvgIpc) is 2.71. The first-order valence-electron chi connectivity index (χ1n) is 9.37. The molecule has 30 heavy (non-hydrogen) atoms. The van der Waals surface area contributed by atoms with E-state index in [-0.39, 0.29) is 11.5 Å². The molecule has 0 saturated carbocycles. The van der Waals surface area contributed by atoms with Crippen LogP contribution in [0.5, 0.6) is 0 Å². The maximum Gasteiger partial charge on any atom is 0.269 e. The zero-order valence-electron chi connectivity index (χ0n) is 16.9. The first-order chi connectivity index (χ1) is 14.3. The first kappa shape index (κ1) is 21.3. The molecule has 6 nitrogen and oxygen atoms in total. The number of nitrogens with one attached hydrogen (secondary N) is 1. The number of hydrogen-bond donors (Lipinski definition) is 1. The predicted molar refractivity (Wildman–Crippen MR) is 117 cm³/mol. The normalized spacial score (nSPS) is 16.1. The summed E-state index contributed by atoms with van der Waals surface area (Å²) in [5.41, 5.74) is 4.54. The summed E-state index contributed by atoms with van der Waals surface area (Å²) in [5.74, 6) is -0.0680. The third-order valence-corrected chi connectivity index (χ3v) is 6.00. The maximum atomic E-state index is 12.4. The molecule has 1 heterocycles. The fourth-order valence-electron chi connectivity index (χ4n) is 3.59. The quantitative estimate of drug-likeness (QED) is 0.516. The third-order valence-electron chi connectivity index (χ3n) is 4.91. The van der Waals surface area contributed by atoms with Gasteiger partial charge >= 0.3 is 0 Å². The van der Waals surface area contributed by atoms with E-state index in [4.69, 9.17) is 0 Å². The molecule has 0 aliphatic carbocycles. The lowest BCUT2D eigenvalue weighted by Gasteiger charge is -2.29. The SMILES string of the molecule is CC(=O)C1=C(C)NC(SCc2cccc([N+](=O)[O-])c2)=C(C#N)C1c1cccc(C)c1. The average molecular weight is 420 g/mol. The Kier molecular flexibility index (Phi) is 6.38. The molecular formula is C23H21N3O3S. The van der Waals surface area contributed by atoms with Crippen LogP contribution in [0.1, 0.15) is 36.5 Å². The van der Waals surface area contributed by atoms with Crippen LogP contribution in [0, 0.1) is 28.4 Å². The van der Waals surface area contributed by atoms with Crippen LogP contribution >= 0.6 is 11.8 Å². The summed E-state index contributed by atoms with van der Waals surface area (Å²) < 4.78 is 0. The van der Waals surface area contributed by atoms with Crippen LogP contribution in [-0.4, -0.2) is 10.7 Å². The van der Waals surface area contributed by atoms with E-state index in [9.17, 15) is 20.2 Å². The monoisotopic (exact) mass is 419 g/mol. The zero-order chi connectivity index (χ0) is 21.8. The summed E-state index contributed by atoms with van der Waals surface area (Å²) in [6.45, 7) is 5.32. The van der Waals surface area contributed by atoms with Crippen LogP contribution < -0.4 is 5.32 Å². The Morgan fingerprint density at radius 1 is 1.23 bits per heavy atom. The van der Waals surface area contributed by atoms with Crippen molar-refractivity contribution in [1.29, 1.82) is 5.26 Å². The molecule has 0 saturated heterocycles. The molecule has 0 aromatic heterocycles. The number of Topliss-reactive ketones (excluding diaryl/α,β-unsaturated/α-hetero) is 1. The van der Waals surface area contributed by atoms with E-state index < -0.39 is 10.8 Å². The molecule has 2 aromatic rings. The molecule has 0 amide bonds. The molecule has 3 rings (SSSR count). The van der Waals surface area contributed by atoms with Crippen molar-refractivity contribution in [3.05, 3.63) is 97.2 Å². The maximum absolute atomic E-state index is 12.4. The van der Waals surface area contributed by atoms with Gasteiger partial charge < -0.3 is 5.32 Å². The number of non-ortho nitro benzene ring substituents is 1. The number of carbonyl (C=O) groups excluding carboxylic acids is 1. The van der Waals surface area contributed by atoms with E-state index in [0.717, 1.165) is 22.4 Å². The second-order valence-electron chi connectivity index (χ2n) is 7.14. The topological polar surface area (TPSA) is 96.0 Å². The molecule has 1 aliphatic rings. The number of hydrogen-bond acceptors (Lipinski definition) is 6. The molecular weight excluding hydrogens is 398 g/mol. The minimum absolute atomic E-state index is 0.0340. The van der Waals surface area contributed by atoms with E-state index in [1.807, 2.05) is 44.2 Å². The van der Waals surface area contributed by atoms with Crippen LogP contribution in [0.25, 0.3) is 0 Å². The second kappa shape index (κ2) is 8.97. The fourth-order valence-corrected chi connectivity index (χ4v) is 4.63. The number of nitriles is 1. The number of allylic oxidation sites excluding steroid dienone is 3. The number of ketones is 1. The van der Waals surface area contributed by atoms with Crippen molar-refractivity contribution < 1.29 is 9.72 Å². The van der Waals surface area contributed by atoms with Crippen molar-refractivity contribution in [1.82, 2.24) is 5.32 Å². The Labute approximate surface area is 179 Å². The minimum atomic E-state index is -0.443. The van der Waals surface area contributed by atoms with Crippen LogP contribution in [0.4, 0.5) is 5.69 Å². The molecule has 1 unspecified atom stereocenters. The van der Waals surface area contributed by atoms with E-state index >= 15 is 0 Å². The number of aryl methyl sites for hydroxylation is 1. The van der Waals surface area contributed by atoms with Crippen molar-refractivity contribution in [3.8, 4) is 6.07 Å². The van der Waals surface area contributed by atoms with Gasteiger partial charge in [-0.05, 0) is 31.9 Å². The number of nitrogens with zero attached hydrogens (tertiary/aromatic N) is 2. The van der Waals surface area contributed by atoms with Gasteiger partial charge in [-0.15, -0.1) is 11.8 Å². The molecule has 0 radical (unpaired) electrons. The fraction of sp³-hybridized carbons (Fsp3) is 0.217. The predicted octanol–water partition coefficient (Wildman–Crippen LogP) is 5.12. The Morgan fingerprint density at radius 3 is 2.60 bits per heavy atom. The summed E-state index contributed by atoms with van der Waals surface area (Å²) >= 11 is 1.40. The summed E-state index contributed by atoms with van der Waals surface area (Å²) in [7, 11) is 0. The van der Waals surface area contributed by atoms with Crippen molar-refractivity contribution in [2.45, 2.75) is 32.4 Å². The molecule has 0 fully saturated rings. The number of rotatable bonds is 6. The lowest BCUT2D eigenvalue weighted by molar-refractivity contribution is -0.384. The lowest BCUT2D eigenvalue weighted by Crippen LogP contribution is -2.27. The molecule has 1 atom stereocenters. The zero-order valence-corrected chi connectivity index (χ0v) is 17.7. The van der Waals surface area contributed by atoms with Gasteiger partial charge in [0, 0.05) is 29.2 Å². The molecule has 7 heteroatoms. The summed E-state index contributed by atoms with van der Waals surface area (Å²) in [4.78, 5) is 23.0. The summed E-state index contributed by atoms with van der Waals surface area (Å²) in [5, 5.41) is 24.9.